The van der Waals surface area contributed by atoms with Crippen molar-refractivity contribution in [3.63, 3.8) is 0 Å². The number of amides is 1. The average Bonchev–Trinajstić information content (AvgIpc) is 2.60. The molecule has 7 nitrogen and oxygen atoms in total. The zero-order valence-corrected chi connectivity index (χ0v) is 13.1. The standard InChI is InChI=1S/C17H19N3O4/c21-11-10-19(13-14-6-2-1-3-7-14)17(22)12-18-15-8-4-5-9-16(15)20(23)24/h1-9,18,21H,10-13H2. The Balaban J connectivity index is 2.02. The van der Waals surface area contributed by atoms with Gasteiger partial charge in [0, 0.05) is 19.2 Å². The second-order valence-corrected chi connectivity index (χ2v) is 5.15. The fourth-order valence-electron chi connectivity index (χ4n) is 2.28. The highest BCUT2D eigenvalue weighted by molar-refractivity contribution is 5.81. The fourth-order valence-corrected chi connectivity index (χ4v) is 2.28. The van der Waals surface area contributed by atoms with Crippen LogP contribution in [0.4, 0.5) is 11.4 Å². The molecule has 0 saturated heterocycles. The van der Waals surface area contributed by atoms with Gasteiger partial charge in [-0.25, -0.2) is 0 Å². The second kappa shape index (κ2) is 8.64. The normalized spacial score (nSPS) is 10.2. The Hall–Kier alpha value is -2.93. The lowest BCUT2D eigenvalue weighted by atomic mass is 10.2. The number of nitro groups is 1. The number of hydrogen-bond acceptors (Lipinski definition) is 5. The quantitative estimate of drug-likeness (QED) is 0.571. The van der Waals surface area contributed by atoms with Crippen LogP contribution in [0, 0.1) is 10.1 Å². The van der Waals surface area contributed by atoms with E-state index in [9.17, 15) is 14.9 Å². The number of nitro benzene ring substituents is 1. The third kappa shape index (κ3) is 4.79. The number of carbonyl (C=O) groups excluding carboxylic acids is 1. The van der Waals surface area contributed by atoms with Gasteiger partial charge in [-0.15, -0.1) is 0 Å². The SMILES string of the molecule is O=C(CNc1ccccc1[N+](=O)[O-])N(CCO)Cc1ccccc1. The minimum atomic E-state index is -0.498. The van der Waals surface area contributed by atoms with Crippen molar-refractivity contribution in [2.75, 3.05) is 25.0 Å². The minimum absolute atomic E-state index is 0.0814. The Bertz CT molecular complexity index is 691. The molecule has 0 aliphatic heterocycles. The largest absolute Gasteiger partial charge is 0.395 e. The Labute approximate surface area is 139 Å². The molecule has 24 heavy (non-hydrogen) atoms. The molecule has 126 valence electrons. The van der Waals surface area contributed by atoms with E-state index >= 15 is 0 Å². The molecular weight excluding hydrogens is 310 g/mol. The lowest BCUT2D eigenvalue weighted by Crippen LogP contribution is -2.37. The summed E-state index contributed by atoms with van der Waals surface area (Å²) in [5.74, 6) is -0.244. The van der Waals surface area contributed by atoms with E-state index in [1.54, 1.807) is 18.2 Å². The Kier molecular flexibility index (Phi) is 6.27. The van der Waals surface area contributed by atoms with Crippen molar-refractivity contribution in [1.29, 1.82) is 0 Å². The van der Waals surface area contributed by atoms with Crippen LogP contribution in [0.1, 0.15) is 5.56 Å². The maximum Gasteiger partial charge on any atom is 0.292 e. The molecule has 0 radical (unpaired) electrons. The maximum absolute atomic E-state index is 12.4. The predicted octanol–water partition coefficient (Wildman–Crippen LogP) is 2.03. The molecule has 2 aromatic rings. The van der Waals surface area contributed by atoms with Gasteiger partial charge in [-0.1, -0.05) is 42.5 Å². The van der Waals surface area contributed by atoms with E-state index in [1.165, 1.54) is 11.0 Å². The maximum atomic E-state index is 12.4. The summed E-state index contributed by atoms with van der Waals surface area (Å²) < 4.78 is 0. The van der Waals surface area contributed by atoms with Gasteiger partial charge >= 0.3 is 0 Å². The molecule has 1 amide bonds. The van der Waals surface area contributed by atoms with Crippen LogP contribution in [-0.4, -0.2) is 40.5 Å². The molecule has 0 fully saturated rings. The highest BCUT2D eigenvalue weighted by atomic mass is 16.6. The van der Waals surface area contributed by atoms with Crippen molar-refractivity contribution in [1.82, 2.24) is 4.90 Å². The predicted molar refractivity (Wildman–Crippen MR) is 90.5 cm³/mol. The first-order chi connectivity index (χ1) is 11.6. The lowest BCUT2D eigenvalue weighted by molar-refractivity contribution is -0.383. The van der Waals surface area contributed by atoms with Gasteiger partial charge in [0.15, 0.2) is 0 Å². The molecular formula is C17H19N3O4. The topological polar surface area (TPSA) is 95.7 Å². The van der Waals surface area contributed by atoms with Gasteiger partial charge in [-0.05, 0) is 11.6 Å². The van der Waals surface area contributed by atoms with E-state index in [0.717, 1.165) is 5.56 Å². The Morgan fingerprint density at radius 3 is 2.46 bits per heavy atom. The van der Waals surface area contributed by atoms with Crippen molar-refractivity contribution in [3.8, 4) is 0 Å². The van der Waals surface area contributed by atoms with Gasteiger partial charge in [0.25, 0.3) is 5.69 Å². The Morgan fingerprint density at radius 1 is 1.12 bits per heavy atom. The molecule has 0 aromatic heterocycles. The van der Waals surface area contributed by atoms with Crippen molar-refractivity contribution < 1.29 is 14.8 Å². The zero-order chi connectivity index (χ0) is 17.4. The third-order valence-corrected chi connectivity index (χ3v) is 3.47. The third-order valence-electron chi connectivity index (χ3n) is 3.47. The highest BCUT2D eigenvalue weighted by Gasteiger charge is 2.16. The van der Waals surface area contributed by atoms with Gasteiger partial charge in [0.05, 0.1) is 18.1 Å². The summed E-state index contributed by atoms with van der Waals surface area (Å²) in [6, 6.07) is 15.6. The van der Waals surface area contributed by atoms with E-state index in [4.69, 9.17) is 5.11 Å². The number of hydrogen-bond donors (Lipinski definition) is 2. The van der Waals surface area contributed by atoms with E-state index in [0.29, 0.717) is 12.2 Å². The van der Waals surface area contributed by atoms with Crippen molar-refractivity contribution in [2.45, 2.75) is 6.54 Å². The summed E-state index contributed by atoms with van der Waals surface area (Å²) in [5.41, 5.74) is 1.16. The molecule has 0 bridgehead atoms. The molecule has 0 aliphatic carbocycles. The highest BCUT2D eigenvalue weighted by Crippen LogP contribution is 2.22. The molecule has 0 unspecified atom stereocenters. The molecule has 2 aromatic carbocycles. The molecule has 0 atom stereocenters. The first kappa shape index (κ1) is 17.4. The number of benzene rings is 2. The summed E-state index contributed by atoms with van der Waals surface area (Å²) in [4.78, 5) is 24.4. The molecule has 0 spiro atoms. The van der Waals surface area contributed by atoms with Crippen LogP contribution in [0.15, 0.2) is 54.6 Å². The molecule has 2 N–H and O–H groups in total. The number of nitrogens with zero attached hydrogens (tertiary/aromatic N) is 2. The molecule has 7 heteroatoms. The monoisotopic (exact) mass is 329 g/mol. The van der Waals surface area contributed by atoms with Crippen LogP contribution in [0.25, 0.3) is 0 Å². The lowest BCUT2D eigenvalue weighted by Gasteiger charge is -2.22. The van der Waals surface area contributed by atoms with Crippen LogP contribution in [0.2, 0.25) is 0 Å². The van der Waals surface area contributed by atoms with Crippen LogP contribution in [0.5, 0.6) is 0 Å². The minimum Gasteiger partial charge on any atom is -0.395 e. The van der Waals surface area contributed by atoms with Crippen LogP contribution >= 0.6 is 0 Å². The van der Waals surface area contributed by atoms with Crippen molar-refractivity contribution in [3.05, 3.63) is 70.3 Å². The number of aliphatic hydroxyl groups is 1. The fraction of sp³-hybridized carbons (Fsp3) is 0.235. The molecule has 0 heterocycles. The average molecular weight is 329 g/mol. The zero-order valence-electron chi connectivity index (χ0n) is 13.1. The van der Waals surface area contributed by atoms with Gasteiger partial charge in [-0.2, -0.15) is 0 Å². The van der Waals surface area contributed by atoms with Crippen LogP contribution in [-0.2, 0) is 11.3 Å². The van der Waals surface area contributed by atoms with Crippen LogP contribution < -0.4 is 5.32 Å². The van der Waals surface area contributed by atoms with Gasteiger partial charge in [0.1, 0.15) is 5.69 Å². The van der Waals surface area contributed by atoms with E-state index in [2.05, 4.69) is 5.32 Å². The number of nitrogens with one attached hydrogen (secondary N) is 1. The van der Waals surface area contributed by atoms with Crippen LogP contribution in [0.3, 0.4) is 0 Å². The summed E-state index contributed by atoms with van der Waals surface area (Å²) >= 11 is 0. The van der Waals surface area contributed by atoms with E-state index in [1.807, 2.05) is 30.3 Å². The van der Waals surface area contributed by atoms with E-state index < -0.39 is 4.92 Å². The van der Waals surface area contributed by atoms with Crippen molar-refractivity contribution >= 4 is 17.3 Å². The molecule has 0 aliphatic rings. The van der Waals surface area contributed by atoms with Gasteiger partial charge in [-0.3, -0.25) is 14.9 Å². The summed E-state index contributed by atoms with van der Waals surface area (Å²) in [7, 11) is 0. The smallest absolute Gasteiger partial charge is 0.292 e. The van der Waals surface area contributed by atoms with Gasteiger partial charge in [0.2, 0.25) is 5.91 Å². The number of aliphatic hydroxyl groups excluding tert-OH is 1. The summed E-state index contributed by atoms with van der Waals surface area (Å²) in [6.45, 7) is 0.340. The number of carbonyl (C=O) groups is 1. The van der Waals surface area contributed by atoms with Gasteiger partial charge < -0.3 is 15.3 Å². The molecule has 2 rings (SSSR count). The second-order valence-electron chi connectivity index (χ2n) is 5.15. The summed E-state index contributed by atoms with van der Waals surface area (Å²) in [6.07, 6.45) is 0. The Morgan fingerprint density at radius 2 is 1.79 bits per heavy atom. The number of anilines is 1. The number of rotatable bonds is 8. The summed E-state index contributed by atoms with van der Waals surface area (Å²) in [5, 5.41) is 22.9. The number of para-hydroxylation sites is 2. The first-order valence-corrected chi connectivity index (χ1v) is 7.51. The van der Waals surface area contributed by atoms with E-state index in [-0.39, 0.29) is 31.3 Å². The molecule has 0 saturated carbocycles. The van der Waals surface area contributed by atoms with Crippen molar-refractivity contribution in [2.24, 2.45) is 0 Å². The first-order valence-electron chi connectivity index (χ1n) is 7.51.